The summed E-state index contributed by atoms with van der Waals surface area (Å²) in [6.07, 6.45) is 1.71. The lowest BCUT2D eigenvalue weighted by atomic mass is 10.0. The smallest absolute Gasteiger partial charge is 0.414 e. The Morgan fingerprint density at radius 1 is 1.47 bits per heavy atom. The fraction of sp³-hybridized carbons (Fsp3) is 0.462. The predicted molar refractivity (Wildman–Crippen MR) is 67.2 cm³/mol. The van der Waals surface area contributed by atoms with Crippen molar-refractivity contribution < 1.29 is 9.53 Å². The Balaban J connectivity index is 2.42. The molecular formula is C13H18N2O2. The molecule has 1 aromatic carbocycles. The minimum atomic E-state index is -0.283. The zero-order chi connectivity index (χ0) is 12.3. The number of carbonyl (C=O) groups excluding carboxylic acids is 1. The molecule has 0 aromatic heterocycles. The van der Waals surface area contributed by atoms with Crippen LogP contribution in [0.4, 0.5) is 10.5 Å². The van der Waals surface area contributed by atoms with E-state index < -0.39 is 0 Å². The van der Waals surface area contributed by atoms with E-state index in [2.05, 4.69) is 11.4 Å². The summed E-state index contributed by atoms with van der Waals surface area (Å²) >= 11 is 0. The van der Waals surface area contributed by atoms with Crippen LogP contribution in [0.25, 0.3) is 0 Å². The second-order valence-corrected chi connectivity index (χ2v) is 4.16. The molecule has 1 atom stereocenters. The minimum absolute atomic E-state index is 0.283. The topological polar surface area (TPSA) is 41.6 Å². The number of nitrogens with zero attached hydrogens (tertiary/aromatic N) is 1. The van der Waals surface area contributed by atoms with Crippen molar-refractivity contribution in [2.75, 3.05) is 25.6 Å². The molecule has 4 nitrogen and oxygen atoms in total. The van der Waals surface area contributed by atoms with Gasteiger partial charge in [0.1, 0.15) is 0 Å². The number of methoxy groups -OCH3 is 1. The second-order valence-electron chi connectivity index (χ2n) is 4.16. The van der Waals surface area contributed by atoms with Gasteiger partial charge in [0, 0.05) is 12.6 Å². The molecule has 1 heterocycles. The summed E-state index contributed by atoms with van der Waals surface area (Å²) in [4.78, 5) is 13.5. The van der Waals surface area contributed by atoms with Crippen LogP contribution >= 0.6 is 0 Å². The van der Waals surface area contributed by atoms with E-state index in [1.54, 1.807) is 4.90 Å². The van der Waals surface area contributed by atoms with Crippen LogP contribution in [0.1, 0.15) is 24.4 Å². The van der Waals surface area contributed by atoms with Crippen molar-refractivity contribution in [2.24, 2.45) is 0 Å². The number of hydrogen-bond donors (Lipinski definition) is 1. The Labute approximate surface area is 102 Å². The molecule has 0 spiro atoms. The maximum Gasteiger partial charge on any atom is 0.414 e. The molecular weight excluding hydrogens is 216 g/mol. The molecule has 2 rings (SSSR count). The van der Waals surface area contributed by atoms with Gasteiger partial charge in [0.05, 0.1) is 12.8 Å². The van der Waals surface area contributed by atoms with Crippen LogP contribution in [0.2, 0.25) is 0 Å². The number of fused-ring (bicyclic) bond motifs is 1. The highest BCUT2D eigenvalue weighted by molar-refractivity contribution is 5.88. The van der Waals surface area contributed by atoms with E-state index in [0.717, 1.165) is 24.1 Å². The van der Waals surface area contributed by atoms with E-state index in [1.165, 1.54) is 7.11 Å². The Morgan fingerprint density at radius 3 is 2.94 bits per heavy atom. The van der Waals surface area contributed by atoms with Gasteiger partial charge in [0.25, 0.3) is 0 Å². The molecule has 0 saturated heterocycles. The summed E-state index contributed by atoms with van der Waals surface area (Å²) in [6, 6.07) is 8.30. The number of amides is 1. The number of nitrogens with one attached hydrogen (secondary N) is 1. The minimum Gasteiger partial charge on any atom is -0.452 e. The van der Waals surface area contributed by atoms with E-state index in [4.69, 9.17) is 4.74 Å². The molecule has 1 aliphatic rings. The molecule has 0 saturated carbocycles. The largest absolute Gasteiger partial charge is 0.452 e. The van der Waals surface area contributed by atoms with Gasteiger partial charge in [-0.1, -0.05) is 18.2 Å². The Bertz CT molecular complexity index is 406. The number of ether oxygens (including phenoxy) is 1. The average Bonchev–Trinajstić information content (AvgIpc) is 2.57. The molecule has 1 amide bonds. The quantitative estimate of drug-likeness (QED) is 0.810. The van der Waals surface area contributed by atoms with Gasteiger partial charge in [-0.05, 0) is 31.5 Å². The van der Waals surface area contributed by atoms with Crippen molar-refractivity contribution in [3.05, 3.63) is 29.8 Å². The molecule has 17 heavy (non-hydrogen) atoms. The molecule has 1 N–H and O–H groups in total. The molecule has 1 unspecified atom stereocenters. The first-order valence-corrected chi connectivity index (χ1v) is 5.89. The lowest BCUT2D eigenvalue weighted by Crippen LogP contribution is -2.31. The van der Waals surface area contributed by atoms with Crippen LogP contribution in [0.5, 0.6) is 0 Å². The normalized spacial score (nSPS) is 19.4. The van der Waals surface area contributed by atoms with E-state index in [9.17, 15) is 4.79 Å². The summed E-state index contributed by atoms with van der Waals surface area (Å²) in [6.45, 7) is 0.710. The molecule has 92 valence electrons. The van der Waals surface area contributed by atoms with Gasteiger partial charge in [-0.15, -0.1) is 0 Å². The van der Waals surface area contributed by atoms with Gasteiger partial charge in [-0.3, -0.25) is 4.90 Å². The lowest BCUT2D eigenvalue weighted by Gasteiger charge is -2.22. The summed E-state index contributed by atoms with van der Waals surface area (Å²) in [5.41, 5.74) is 2.12. The van der Waals surface area contributed by atoms with Gasteiger partial charge >= 0.3 is 6.09 Å². The van der Waals surface area contributed by atoms with Gasteiger partial charge in [-0.25, -0.2) is 4.79 Å². The van der Waals surface area contributed by atoms with Crippen molar-refractivity contribution in [1.82, 2.24) is 5.32 Å². The molecule has 0 aliphatic carbocycles. The molecule has 0 bridgehead atoms. The predicted octanol–water partition coefficient (Wildman–Crippen LogP) is 2.31. The van der Waals surface area contributed by atoms with Crippen molar-refractivity contribution >= 4 is 11.8 Å². The molecule has 0 radical (unpaired) electrons. The SMILES string of the molecule is CNC1CCCN(C(=O)OC)c2ccccc21. The first kappa shape index (κ1) is 11.9. The molecule has 0 fully saturated rings. The number of carbonyl (C=O) groups is 1. The number of para-hydroxylation sites is 1. The summed E-state index contributed by atoms with van der Waals surface area (Å²) < 4.78 is 4.84. The first-order valence-electron chi connectivity index (χ1n) is 5.89. The third-order valence-corrected chi connectivity index (χ3v) is 3.22. The molecule has 1 aliphatic heterocycles. The van der Waals surface area contributed by atoms with Crippen LogP contribution in [-0.4, -0.2) is 26.8 Å². The highest BCUT2D eigenvalue weighted by atomic mass is 16.5. The third kappa shape index (κ3) is 2.26. The Morgan fingerprint density at radius 2 is 2.24 bits per heavy atom. The van der Waals surface area contributed by atoms with Crippen LogP contribution in [0.3, 0.4) is 0 Å². The van der Waals surface area contributed by atoms with E-state index in [-0.39, 0.29) is 6.09 Å². The van der Waals surface area contributed by atoms with E-state index >= 15 is 0 Å². The van der Waals surface area contributed by atoms with Gasteiger partial charge in [0.15, 0.2) is 0 Å². The van der Waals surface area contributed by atoms with Crippen molar-refractivity contribution in [2.45, 2.75) is 18.9 Å². The number of hydrogen-bond acceptors (Lipinski definition) is 3. The standard InChI is InChI=1S/C13H18N2O2/c1-14-11-7-5-9-15(13(16)17-2)12-8-4-3-6-10(11)12/h3-4,6,8,11,14H,5,7,9H2,1-2H3. The summed E-state index contributed by atoms with van der Waals surface area (Å²) in [7, 11) is 3.38. The lowest BCUT2D eigenvalue weighted by molar-refractivity contribution is 0.178. The maximum atomic E-state index is 11.8. The van der Waals surface area contributed by atoms with E-state index in [1.807, 2.05) is 25.2 Å². The van der Waals surface area contributed by atoms with Crippen molar-refractivity contribution in [3.63, 3.8) is 0 Å². The van der Waals surface area contributed by atoms with Crippen LogP contribution in [-0.2, 0) is 4.74 Å². The summed E-state index contributed by atoms with van der Waals surface area (Å²) in [5, 5.41) is 3.30. The fourth-order valence-electron chi connectivity index (χ4n) is 2.36. The zero-order valence-electron chi connectivity index (χ0n) is 10.3. The highest BCUT2D eigenvalue weighted by Gasteiger charge is 2.25. The van der Waals surface area contributed by atoms with Crippen LogP contribution in [0, 0.1) is 0 Å². The molecule has 4 heteroatoms. The number of anilines is 1. The first-order chi connectivity index (χ1) is 8.27. The Kier molecular flexibility index (Phi) is 3.64. The van der Waals surface area contributed by atoms with Crippen molar-refractivity contribution in [1.29, 1.82) is 0 Å². The molecule has 1 aromatic rings. The van der Waals surface area contributed by atoms with Crippen LogP contribution in [0.15, 0.2) is 24.3 Å². The average molecular weight is 234 g/mol. The van der Waals surface area contributed by atoms with Crippen LogP contribution < -0.4 is 10.2 Å². The number of rotatable bonds is 1. The van der Waals surface area contributed by atoms with Crippen molar-refractivity contribution in [3.8, 4) is 0 Å². The monoisotopic (exact) mass is 234 g/mol. The second kappa shape index (κ2) is 5.19. The van der Waals surface area contributed by atoms with Gasteiger partial charge in [-0.2, -0.15) is 0 Å². The third-order valence-electron chi connectivity index (χ3n) is 3.22. The van der Waals surface area contributed by atoms with Gasteiger partial charge in [0.2, 0.25) is 0 Å². The summed E-state index contributed by atoms with van der Waals surface area (Å²) in [5.74, 6) is 0. The van der Waals surface area contributed by atoms with E-state index in [0.29, 0.717) is 12.6 Å². The maximum absolute atomic E-state index is 11.8. The fourth-order valence-corrected chi connectivity index (χ4v) is 2.36. The zero-order valence-corrected chi connectivity index (χ0v) is 10.3. The number of benzene rings is 1. The van der Waals surface area contributed by atoms with Gasteiger partial charge < -0.3 is 10.1 Å². The highest BCUT2D eigenvalue weighted by Crippen LogP contribution is 2.32. The Hall–Kier alpha value is -1.55.